The van der Waals surface area contributed by atoms with Crippen molar-refractivity contribution >= 4 is 5.91 Å². The highest BCUT2D eigenvalue weighted by Crippen LogP contribution is 2.27. The van der Waals surface area contributed by atoms with E-state index >= 15 is 0 Å². The van der Waals surface area contributed by atoms with Crippen molar-refractivity contribution in [3.8, 4) is 11.4 Å². The van der Waals surface area contributed by atoms with Gasteiger partial charge < -0.3 is 5.32 Å². The number of nitrogens with zero attached hydrogens (tertiary/aromatic N) is 3. The maximum absolute atomic E-state index is 12.2. The molecule has 1 atom stereocenters. The van der Waals surface area contributed by atoms with Crippen LogP contribution in [0, 0.1) is 0 Å². The van der Waals surface area contributed by atoms with Gasteiger partial charge in [0.05, 0.1) is 6.04 Å². The topological polar surface area (TPSA) is 73.9 Å². The van der Waals surface area contributed by atoms with Crippen molar-refractivity contribution in [2.75, 3.05) is 13.1 Å². The zero-order valence-corrected chi connectivity index (χ0v) is 15.2. The molecule has 2 N–H and O–H groups in total. The zero-order valence-electron chi connectivity index (χ0n) is 15.2. The van der Waals surface area contributed by atoms with Crippen LogP contribution in [0.15, 0.2) is 30.3 Å². The van der Waals surface area contributed by atoms with E-state index in [1.807, 2.05) is 51.1 Å². The Morgan fingerprint density at radius 3 is 2.52 bits per heavy atom. The van der Waals surface area contributed by atoms with Gasteiger partial charge in [-0.15, -0.1) is 0 Å². The highest BCUT2D eigenvalue weighted by molar-refractivity contribution is 5.81. The summed E-state index contributed by atoms with van der Waals surface area (Å²) in [7, 11) is 0. The number of carbonyl (C=O) groups is 1. The second-order valence-corrected chi connectivity index (χ2v) is 7.06. The molecule has 0 bridgehead atoms. The second kappa shape index (κ2) is 7.78. The highest BCUT2D eigenvalue weighted by atomic mass is 16.2. The molecule has 1 fully saturated rings. The highest BCUT2D eigenvalue weighted by Gasteiger charge is 2.28. The first-order chi connectivity index (χ1) is 12.0. The van der Waals surface area contributed by atoms with Gasteiger partial charge in [0.2, 0.25) is 5.91 Å². The molecule has 6 heteroatoms. The smallest absolute Gasteiger partial charge is 0.237 e. The van der Waals surface area contributed by atoms with Crippen LogP contribution in [0.3, 0.4) is 0 Å². The number of hydrogen-bond acceptors (Lipinski definition) is 4. The molecule has 1 aliphatic heterocycles. The summed E-state index contributed by atoms with van der Waals surface area (Å²) in [6.07, 6.45) is 1.98. The molecule has 134 valence electrons. The minimum absolute atomic E-state index is 0.0852. The normalized spacial score (nSPS) is 17.6. The van der Waals surface area contributed by atoms with Crippen molar-refractivity contribution in [2.45, 2.75) is 51.6 Å². The molecule has 1 aliphatic rings. The summed E-state index contributed by atoms with van der Waals surface area (Å²) in [5.74, 6) is 2.20. The van der Waals surface area contributed by atoms with Gasteiger partial charge in [-0.2, -0.15) is 5.10 Å². The number of likely N-dealkylation sites (tertiary alicyclic amines) is 1. The van der Waals surface area contributed by atoms with Gasteiger partial charge >= 0.3 is 0 Å². The van der Waals surface area contributed by atoms with E-state index in [0.29, 0.717) is 5.92 Å². The Kier molecular flexibility index (Phi) is 5.48. The molecule has 0 spiro atoms. The number of amides is 1. The van der Waals surface area contributed by atoms with Crippen LogP contribution in [0.5, 0.6) is 0 Å². The first kappa shape index (κ1) is 17.6. The van der Waals surface area contributed by atoms with Crippen LogP contribution in [0.25, 0.3) is 11.4 Å². The third-order valence-electron chi connectivity index (χ3n) is 4.81. The molecular formula is C19H27N5O. The average molecular weight is 341 g/mol. The number of carbonyl (C=O) groups excluding carboxylic acids is 1. The average Bonchev–Trinajstić information content (AvgIpc) is 3.11. The zero-order chi connectivity index (χ0) is 17.8. The first-order valence-electron chi connectivity index (χ1n) is 9.06. The Bertz CT molecular complexity index is 689. The van der Waals surface area contributed by atoms with E-state index in [1.54, 1.807) is 0 Å². The van der Waals surface area contributed by atoms with Crippen LogP contribution in [0.1, 0.15) is 45.4 Å². The lowest BCUT2D eigenvalue weighted by Gasteiger charge is -2.34. The molecule has 2 heterocycles. The van der Waals surface area contributed by atoms with E-state index in [9.17, 15) is 4.79 Å². The van der Waals surface area contributed by atoms with Crippen LogP contribution in [0.4, 0.5) is 0 Å². The standard InChI is InChI=1S/C19H27N5O/c1-13(2)20-19(25)14(3)24-11-9-16(10-12-24)18-21-17(22-23-18)15-7-5-4-6-8-15/h4-8,13-14,16H,9-12H2,1-3H3,(H,20,25)(H,21,22,23). The van der Waals surface area contributed by atoms with Crippen molar-refractivity contribution in [3.05, 3.63) is 36.2 Å². The second-order valence-electron chi connectivity index (χ2n) is 7.06. The Balaban J connectivity index is 1.58. The van der Waals surface area contributed by atoms with Crippen molar-refractivity contribution in [1.82, 2.24) is 25.4 Å². The summed E-state index contributed by atoms with van der Waals surface area (Å²) in [5.41, 5.74) is 1.03. The summed E-state index contributed by atoms with van der Waals surface area (Å²) in [6.45, 7) is 7.77. The van der Waals surface area contributed by atoms with Crippen molar-refractivity contribution in [2.24, 2.45) is 0 Å². The Hall–Kier alpha value is -2.21. The summed E-state index contributed by atoms with van der Waals surface area (Å²) < 4.78 is 0. The van der Waals surface area contributed by atoms with E-state index in [2.05, 4.69) is 25.4 Å². The Morgan fingerprint density at radius 2 is 1.88 bits per heavy atom. The molecule has 3 rings (SSSR count). The largest absolute Gasteiger partial charge is 0.353 e. The molecule has 1 aromatic carbocycles. The maximum Gasteiger partial charge on any atom is 0.237 e. The number of piperidine rings is 1. The SMILES string of the molecule is CC(C)NC(=O)C(C)N1CCC(c2nc(-c3ccccc3)n[nH]2)CC1. The molecular weight excluding hydrogens is 314 g/mol. The minimum atomic E-state index is -0.0852. The molecule has 0 radical (unpaired) electrons. The van der Waals surface area contributed by atoms with E-state index in [-0.39, 0.29) is 18.0 Å². The molecule has 6 nitrogen and oxygen atoms in total. The predicted molar refractivity (Wildman–Crippen MR) is 98.1 cm³/mol. The monoisotopic (exact) mass is 341 g/mol. The third kappa shape index (κ3) is 4.25. The molecule has 2 aromatic rings. The van der Waals surface area contributed by atoms with Gasteiger partial charge in [-0.1, -0.05) is 30.3 Å². The van der Waals surface area contributed by atoms with Crippen molar-refractivity contribution < 1.29 is 4.79 Å². The fraction of sp³-hybridized carbons (Fsp3) is 0.526. The summed E-state index contributed by atoms with van der Waals surface area (Å²) in [6, 6.07) is 10.1. The fourth-order valence-corrected chi connectivity index (χ4v) is 3.30. The van der Waals surface area contributed by atoms with Crippen molar-refractivity contribution in [1.29, 1.82) is 0 Å². The number of benzene rings is 1. The van der Waals surface area contributed by atoms with Gasteiger partial charge in [0.25, 0.3) is 0 Å². The molecule has 1 unspecified atom stereocenters. The van der Waals surface area contributed by atoms with Gasteiger partial charge in [-0.3, -0.25) is 14.8 Å². The van der Waals surface area contributed by atoms with Gasteiger partial charge in [-0.05, 0) is 46.7 Å². The number of aromatic amines is 1. The van der Waals surface area contributed by atoms with Crippen LogP contribution in [0.2, 0.25) is 0 Å². The van der Waals surface area contributed by atoms with Crippen LogP contribution in [-0.4, -0.2) is 51.2 Å². The van der Waals surface area contributed by atoms with Gasteiger partial charge in [-0.25, -0.2) is 4.98 Å². The molecule has 1 amide bonds. The summed E-state index contributed by atoms with van der Waals surface area (Å²) >= 11 is 0. The number of hydrogen-bond donors (Lipinski definition) is 2. The quantitative estimate of drug-likeness (QED) is 0.876. The van der Waals surface area contributed by atoms with E-state index in [1.165, 1.54) is 0 Å². The molecule has 1 aromatic heterocycles. The lowest BCUT2D eigenvalue weighted by atomic mass is 9.95. The number of aromatic nitrogens is 3. The Labute approximate surface area is 149 Å². The van der Waals surface area contributed by atoms with Gasteiger partial charge in [0.15, 0.2) is 5.82 Å². The molecule has 0 aliphatic carbocycles. The predicted octanol–water partition coefficient (Wildman–Crippen LogP) is 2.56. The van der Waals surface area contributed by atoms with Crippen molar-refractivity contribution in [3.63, 3.8) is 0 Å². The van der Waals surface area contributed by atoms with Crippen LogP contribution in [-0.2, 0) is 4.79 Å². The van der Waals surface area contributed by atoms with E-state index in [4.69, 9.17) is 0 Å². The Morgan fingerprint density at radius 1 is 1.20 bits per heavy atom. The van der Waals surface area contributed by atoms with Crippen LogP contribution < -0.4 is 5.32 Å². The fourth-order valence-electron chi connectivity index (χ4n) is 3.30. The number of H-pyrrole nitrogens is 1. The van der Waals surface area contributed by atoms with E-state index in [0.717, 1.165) is 43.1 Å². The van der Waals surface area contributed by atoms with Crippen LogP contribution >= 0.6 is 0 Å². The lowest BCUT2D eigenvalue weighted by Crippen LogP contribution is -2.49. The number of rotatable bonds is 5. The molecule has 1 saturated heterocycles. The third-order valence-corrected chi connectivity index (χ3v) is 4.81. The summed E-state index contributed by atoms with van der Waals surface area (Å²) in [5, 5.41) is 10.5. The summed E-state index contributed by atoms with van der Waals surface area (Å²) in [4.78, 5) is 19.1. The first-order valence-corrected chi connectivity index (χ1v) is 9.06. The molecule has 0 saturated carbocycles. The lowest BCUT2D eigenvalue weighted by molar-refractivity contribution is -0.126. The molecule has 25 heavy (non-hydrogen) atoms. The minimum Gasteiger partial charge on any atom is -0.353 e. The van der Waals surface area contributed by atoms with Gasteiger partial charge in [0.1, 0.15) is 5.82 Å². The van der Waals surface area contributed by atoms with Gasteiger partial charge in [0, 0.05) is 17.5 Å². The maximum atomic E-state index is 12.2. The van der Waals surface area contributed by atoms with E-state index < -0.39 is 0 Å². The number of nitrogens with one attached hydrogen (secondary N) is 2.